The van der Waals surface area contributed by atoms with E-state index in [9.17, 15) is 0 Å². The van der Waals surface area contributed by atoms with Crippen LogP contribution in [0.1, 0.15) is 5.82 Å². The van der Waals surface area contributed by atoms with E-state index in [1.165, 1.54) is 0 Å². The standard InChI is InChI=1S/C8H8N4/c1-3-9-7(10-4-1)8-11-5-2-6-12-8/h1-5H,6H2,(H,11,12). The van der Waals surface area contributed by atoms with Crippen LogP contribution in [-0.2, 0) is 0 Å². The molecule has 0 aromatic carbocycles. The summed E-state index contributed by atoms with van der Waals surface area (Å²) >= 11 is 0. The molecule has 1 aliphatic rings. The lowest BCUT2D eigenvalue weighted by Crippen LogP contribution is -2.23. The third-order valence-electron chi connectivity index (χ3n) is 1.47. The molecular formula is C8H8N4. The van der Waals surface area contributed by atoms with Gasteiger partial charge in [-0.25, -0.2) is 9.97 Å². The molecule has 0 unspecified atom stereocenters. The Morgan fingerprint density at radius 3 is 2.75 bits per heavy atom. The molecule has 12 heavy (non-hydrogen) atoms. The fourth-order valence-corrected chi connectivity index (χ4v) is 0.937. The highest BCUT2D eigenvalue weighted by Crippen LogP contribution is 1.93. The molecule has 2 heterocycles. The molecule has 1 aliphatic heterocycles. The summed E-state index contributed by atoms with van der Waals surface area (Å²) in [7, 11) is 0. The maximum absolute atomic E-state index is 4.19. The smallest absolute Gasteiger partial charge is 0.195 e. The highest BCUT2D eigenvalue weighted by atomic mass is 15.1. The molecule has 60 valence electrons. The molecule has 0 spiro atoms. The number of aromatic nitrogens is 2. The van der Waals surface area contributed by atoms with E-state index in [0.717, 1.165) is 5.84 Å². The lowest BCUT2D eigenvalue weighted by Gasteiger charge is -2.06. The average molecular weight is 160 g/mol. The summed E-state index contributed by atoms with van der Waals surface area (Å²) in [6.07, 6.45) is 7.18. The highest BCUT2D eigenvalue weighted by Gasteiger charge is 2.04. The summed E-state index contributed by atoms with van der Waals surface area (Å²) < 4.78 is 0. The van der Waals surface area contributed by atoms with Crippen LogP contribution in [0.2, 0.25) is 0 Å². The molecule has 0 amide bonds. The fraction of sp³-hybridized carbons (Fsp3) is 0.125. The third kappa shape index (κ3) is 1.32. The first-order valence-electron chi connectivity index (χ1n) is 3.70. The summed E-state index contributed by atoms with van der Waals surface area (Å²) in [5.74, 6) is 1.37. The van der Waals surface area contributed by atoms with Gasteiger partial charge in [0.25, 0.3) is 0 Å². The van der Waals surface area contributed by atoms with E-state index < -0.39 is 0 Å². The molecule has 0 atom stereocenters. The molecule has 4 heteroatoms. The molecule has 0 radical (unpaired) electrons. The molecule has 4 nitrogen and oxygen atoms in total. The zero-order valence-electron chi connectivity index (χ0n) is 6.44. The van der Waals surface area contributed by atoms with Crippen molar-refractivity contribution >= 4 is 5.84 Å². The number of nitrogens with zero attached hydrogens (tertiary/aromatic N) is 3. The molecule has 0 bridgehead atoms. The lowest BCUT2D eigenvalue weighted by atomic mass is 10.4. The van der Waals surface area contributed by atoms with Gasteiger partial charge in [0, 0.05) is 18.6 Å². The Kier molecular flexibility index (Phi) is 1.82. The molecule has 1 N–H and O–H groups in total. The van der Waals surface area contributed by atoms with Crippen molar-refractivity contribution in [1.82, 2.24) is 15.3 Å². The van der Waals surface area contributed by atoms with Crippen LogP contribution in [0, 0.1) is 0 Å². The summed E-state index contributed by atoms with van der Waals surface area (Å²) in [4.78, 5) is 12.3. The first-order valence-corrected chi connectivity index (χ1v) is 3.70. The van der Waals surface area contributed by atoms with Crippen LogP contribution >= 0.6 is 0 Å². The van der Waals surface area contributed by atoms with Crippen molar-refractivity contribution in [1.29, 1.82) is 0 Å². The summed E-state index contributed by atoms with van der Waals surface area (Å²) in [5, 5.41) is 2.98. The lowest BCUT2D eigenvalue weighted by molar-refractivity contribution is 1.04. The number of hydrogen-bond donors (Lipinski definition) is 1. The molecule has 0 aliphatic carbocycles. The van der Waals surface area contributed by atoms with Gasteiger partial charge in [0.05, 0.1) is 6.54 Å². The summed E-state index contributed by atoms with van der Waals surface area (Å²) in [5.41, 5.74) is 0. The third-order valence-corrected chi connectivity index (χ3v) is 1.47. The minimum Gasteiger partial charge on any atom is -0.344 e. The second-order valence-corrected chi connectivity index (χ2v) is 2.31. The monoisotopic (exact) mass is 160 g/mol. The zero-order valence-corrected chi connectivity index (χ0v) is 6.44. The van der Waals surface area contributed by atoms with E-state index in [0.29, 0.717) is 12.4 Å². The van der Waals surface area contributed by atoms with Gasteiger partial charge in [-0.3, -0.25) is 4.99 Å². The second-order valence-electron chi connectivity index (χ2n) is 2.31. The van der Waals surface area contributed by atoms with Gasteiger partial charge in [-0.1, -0.05) is 0 Å². The van der Waals surface area contributed by atoms with Crippen LogP contribution in [0.15, 0.2) is 35.7 Å². The number of hydrogen-bond acceptors (Lipinski definition) is 4. The average Bonchev–Trinajstić information content (AvgIpc) is 2.21. The molecule has 1 aromatic rings. The topological polar surface area (TPSA) is 50.2 Å². The van der Waals surface area contributed by atoms with Crippen molar-refractivity contribution in [3.63, 3.8) is 0 Å². The largest absolute Gasteiger partial charge is 0.344 e. The van der Waals surface area contributed by atoms with Crippen LogP contribution in [0.25, 0.3) is 0 Å². The molecule has 0 saturated carbocycles. The van der Waals surface area contributed by atoms with E-state index in [1.54, 1.807) is 18.5 Å². The maximum Gasteiger partial charge on any atom is 0.195 e. The Bertz CT molecular complexity index is 315. The Morgan fingerprint density at radius 1 is 1.25 bits per heavy atom. The Labute approximate surface area is 70.1 Å². The number of aliphatic imine (C=N–C) groups is 1. The predicted octanol–water partition coefficient (Wildman–Crippen LogP) is 0.340. The van der Waals surface area contributed by atoms with Gasteiger partial charge in [0.1, 0.15) is 0 Å². The highest BCUT2D eigenvalue weighted by molar-refractivity contribution is 5.96. The van der Waals surface area contributed by atoms with Gasteiger partial charge in [-0.2, -0.15) is 0 Å². The van der Waals surface area contributed by atoms with Crippen molar-refractivity contribution in [3.8, 4) is 0 Å². The van der Waals surface area contributed by atoms with E-state index in [2.05, 4.69) is 20.3 Å². The van der Waals surface area contributed by atoms with Crippen molar-refractivity contribution in [2.24, 2.45) is 4.99 Å². The van der Waals surface area contributed by atoms with Gasteiger partial charge in [0.15, 0.2) is 11.7 Å². The number of nitrogens with one attached hydrogen (secondary N) is 1. The maximum atomic E-state index is 4.19. The number of rotatable bonds is 1. The van der Waals surface area contributed by atoms with E-state index in [1.807, 2.05) is 12.3 Å². The molecule has 1 aromatic heterocycles. The van der Waals surface area contributed by atoms with Crippen LogP contribution in [0.3, 0.4) is 0 Å². The van der Waals surface area contributed by atoms with E-state index >= 15 is 0 Å². The van der Waals surface area contributed by atoms with E-state index in [4.69, 9.17) is 0 Å². The Balaban J connectivity index is 2.26. The van der Waals surface area contributed by atoms with Gasteiger partial charge in [0.2, 0.25) is 0 Å². The Hall–Kier alpha value is -1.71. The molecule has 2 rings (SSSR count). The predicted molar refractivity (Wildman–Crippen MR) is 45.7 cm³/mol. The molecule has 0 fully saturated rings. The first kappa shape index (κ1) is 6.97. The minimum absolute atomic E-state index is 0.641. The van der Waals surface area contributed by atoms with Crippen LogP contribution in [0.4, 0.5) is 0 Å². The summed E-state index contributed by atoms with van der Waals surface area (Å²) in [6.45, 7) is 0.695. The summed E-state index contributed by atoms with van der Waals surface area (Å²) in [6, 6.07) is 1.78. The van der Waals surface area contributed by atoms with E-state index in [-0.39, 0.29) is 0 Å². The van der Waals surface area contributed by atoms with Crippen molar-refractivity contribution in [2.45, 2.75) is 0 Å². The van der Waals surface area contributed by atoms with Gasteiger partial charge < -0.3 is 5.32 Å². The Morgan fingerprint density at radius 2 is 2.08 bits per heavy atom. The molecular weight excluding hydrogens is 152 g/mol. The normalized spacial score (nSPS) is 15.2. The quantitative estimate of drug-likeness (QED) is 0.644. The van der Waals surface area contributed by atoms with Crippen molar-refractivity contribution in [3.05, 3.63) is 36.6 Å². The van der Waals surface area contributed by atoms with Crippen LogP contribution in [0.5, 0.6) is 0 Å². The SMILES string of the molecule is C1=CNC(c2ncccn2)=NC1. The van der Waals surface area contributed by atoms with Gasteiger partial charge >= 0.3 is 0 Å². The zero-order chi connectivity index (χ0) is 8.23. The van der Waals surface area contributed by atoms with Crippen LogP contribution < -0.4 is 5.32 Å². The van der Waals surface area contributed by atoms with Crippen molar-refractivity contribution < 1.29 is 0 Å². The second kappa shape index (κ2) is 3.13. The van der Waals surface area contributed by atoms with Gasteiger partial charge in [-0.15, -0.1) is 0 Å². The number of amidine groups is 1. The molecule has 0 saturated heterocycles. The minimum atomic E-state index is 0.641. The van der Waals surface area contributed by atoms with Gasteiger partial charge in [-0.05, 0) is 12.1 Å². The fourth-order valence-electron chi connectivity index (χ4n) is 0.937. The van der Waals surface area contributed by atoms with Crippen LogP contribution in [-0.4, -0.2) is 22.3 Å². The van der Waals surface area contributed by atoms with Crippen molar-refractivity contribution in [2.75, 3.05) is 6.54 Å². The first-order chi connectivity index (χ1) is 5.97.